The number of nitrogens with zero attached hydrogens (tertiary/aromatic N) is 3. The van der Waals surface area contributed by atoms with E-state index in [1.165, 1.54) is 11.0 Å². The summed E-state index contributed by atoms with van der Waals surface area (Å²) in [5.41, 5.74) is 11.6. The number of anilines is 2. The summed E-state index contributed by atoms with van der Waals surface area (Å²) in [4.78, 5) is 28.7. The van der Waals surface area contributed by atoms with E-state index >= 15 is 0 Å². The average molecular weight is 410 g/mol. The van der Waals surface area contributed by atoms with Gasteiger partial charge in [0.15, 0.2) is 5.11 Å². The van der Waals surface area contributed by atoms with Crippen LogP contribution in [0.15, 0.2) is 18.2 Å². The van der Waals surface area contributed by atoms with Gasteiger partial charge in [0, 0.05) is 26.2 Å². The number of rotatable bonds is 5. The molecule has 0 unspecified atom stereocenters. The number of carbonyl (C=O) groups is 2. The molecule has 5 N–H and O–H groups in total. The molecule has 2 heterocycles. The van der Waals surface area contributed by atoms with E-state index in [4.69, 9.17) is 28.4 Å². The maximum atomic E-state index is 14.7. The molecule has 0 aromatic heterocycles. The van der Waals surface area contributed by atoms with Gasteiger partial charge >= 0.3 is 6.09 Å². The number of thiocarbonyl (C=S) groups is 1. The monoisotopic (exact) mass is 410 g/mol. The topological polar surface area (TPSA) is 117 Å². The lowest BCUT2D eigenvalue weighted by Gasteiger charge is -2.36. The minimum atomic E-state index is -0.546. The van der Waals surface area contributed by atoms with Crippen molar-refractivity contribution in [2.45, 2.75) is 6.10 Å². The Morgan fingerprint density at radius 2 is 2.04 bits per heavy atom. The van der Waals surface area contributed by atoms with E-state index in [9.17, 15) is 14.0 Å². The second-order valence-electron chi connectivity index (χ2n) is 6.57. The van der Waals surface area contributed by atoms with Crippen molar-refractivity contribution in [2.75, 3.05) is 55.6 Å². The summed E-state index contributed by atoms with van der Waals surface area (Å²) in [6, 6.07) is 4.64. The van der Waals surface area contributed by atoms with E-state index in [1.54, 1.807) is 17.0 Å². The van der Waals surface area contributed by atoms with E-state index in [-0.39, 0.29) is 24.1 Å². The standard InChI is InChI=1S/C17H23FN6O3S/c18-13-7-11(24-10-12(27-17(24)26)9-21-16(20)28)1-2-14(13)22-3-5-23(6-4-22)15(25)8-19/h1-2,7,12H,3-6,8-10,19H2,(H3,20,21,28)/t12-/m0/s1. The number of amides is 2. The molecule has 2 aliphatic rings. The van der Waals surface area contributed by atoms with Crippen molar-refractivity contribution in [3.8, 4) is 0 Å². The Labute approximate surface area is 167 Å². The van der Waals surface area contributed by atoms with Crippen molar-refractivity contribution in [1.82, 2.24) is 10.2 Å². The van der Waals surface area contributed by atoms with Gasteiger partial charge in [-0.2, -0.15) is 0 Å². The SMILES string of the molecule is NCC(=O)N1CCN(c2ccc(N3C[C@H](CNC(N)=S)OC3=O)cc2F)CC1. The molecule has 2 amide bonds. The number of hydrogen-bond acceptors (Lipinski definition) is 6. The summed E-state index contributed by atoms with van der Waals surface area (Å²) >= 11 is 4.73. The van der Waals surface area contributed by atoms with E-state index in [1.807, 2.05) is 4.90 Å². The lowest BCUT2D eigenvalue weighted by atomic mass is 10.2. The molecule has 28 heavy (non-hydrogen) atoms. The van der Waals surface area contributed by atoms with Crippen LogP contribution in [0.1, 0.15) is 0 Å². The quantitative estimate of drug-likeness (QED) is 0.561. The van der Waals surface area contributed by atoms with Crippen LogP contribution >= 0.6 is 12.2 Å². The number of piperazine rings is 1. The van der Waals surface area contributed by atoms with Crippen LogP contribution in [0.3, 0.4) is 0 Å². The Morgan fingerprint density at radius 3 is 2.64 bits per heavy atom. The first kappa shape index (κ1) is 20.1. The molecule has 11 heteroatoms. The number of halogens is 1. The zero-order chi connectivity index (χ0) is 20.3. The lowest BCUT2D eigenvalue weighted by molar-refractivity contribution is -0.129. The van der Waals surface area contributed by atoms with Gasteiger partial charge in [-0.25, -0.2) is 9.18 Å². The van der Waals surface area contributed by atoms with Gasteiger partial charge in [0.05, 0.1) is 31.0 Å². The third kappa shape index (κ3) is 4.42. The molecule has 3 rings (SSSR count). The predicted molar refractivity (Wildman–Crippen MR) is 107 cm³/mol. The zero-order valence-electron chi connectivity index (χ0n) is 15.3. The van der Waals surface area contributed by atoms with Crippen molar-refractivity contribution in [2.24, 2.45) is 11.5 Å². The molecule has 2 saturated heterocycles. The molecule has 1 aromatic carbocycles. The molecule has 0 spiro atoms. The highest BCUT2D eigenvalue weighted by Crippen LogP contribution is 2.28. The van der Waals surface area contributed by atoms with Crippen LogP contribution in [0.25, 0.3) is 0 Å². The summed E-state index contributed by atoms with van der Waals surface area (Å²) in [6.07, 6.45) is -0.972. The minimum Gasteiger partial charge on any atom is -0.442 e. The molecule has 0 bridgehead atoms. The zero-order valence-corrected chi connectivity index (χ0v) is 16.1. The molecule has 152 valence electrons. The van der Waals surface area contributed by atoms with E-state index < -0.39 is 18.0 Å². The van der Waals surface area contributed by atoms with Crippen molar-refractivity contribution in [3.05, 3.63) is 24.0 Å². The van der Waals surface area contributed by atoms with Gasteiger partial charge in [-0.3, -0.25) is 9.69 Å². The number of carbonyl (C=O) groups excluding carboxylic acids is 2. The van der Waals surface area contributed by atoms with Gasteiger partial charge in [0.25, 0.3) is 0 Å². The van der Waals surface area contributed by atoms with Gasteiger partial charge in [0.2, 0.25) is 5.91 Å². The Bertz CT molecular complexity index is 771. The van der Waals surface area contributed by atoms with Gasteiger partial charge < -0.3 is 31.3 Å². The smallest absolute Gasteiger partial charge is 0.414 e. The molecule has 2 fully saturated rings. The van der Waals surface area contributed by atoms with E-state index in [0.717, 1.165) is 0 Å². The molecule has 1 atom stereocenters. The first-order chi connectivity index (χ1) is 13.4. The average Bonchev–Trinajstić information content (AvgIpc) is 3.06. The molecular formula is C17H23FN6O3S. The lowest BCUT2D eigenvalue weighted by Crippen LogP contribution is -2.50. The predicted octanol–water partition coefficient (Wildman–Crippen LogP) is -0.409. The Balaban J connectivity index is 1.64. The van der Waals surface area contributed by atoms with Crippen LogP contribution in [0.5, 0.6) is 0 Å². The number of cyclic esters (lactones) is 1. The maximum absolute atomic E-state index is 14.7. The Kier molecular flexibility index (Phi) is 6.15. The normalized spacial score (nSPS) is 19.6. The highest BCUT2D eigenvalue weighted by Gasteiger charge is 2.33. The van der Waals surface area contributed by atoms with Crippen LogP contribution in [0, 0.1) is 5.82 Å². The molecule has 2 aliphatic heterocycles. The third-order valence-corrected chi connectivity index (χ3v) is 4.91. The van der Waals surface area contributed by atoms with Crippen molar-refractivity contribution in [1.29, 1.82) is 0 Å². The summed E-state index contributed by atoms with van der Waals surface area (Å²) in [6.45, 7) is 2.56. The van der Waals surface area contributed by atoms with Crippen LogP contribution in [0.2, 0.25) is 0 Å². The van der Waals surface area contributed by atoms with E-state index in [2.05, 4.69) is 5.32 Å². The molecule has 0 aliphatic carbocycles. The van der Waals surface area contributed by atoms with Gasteiger partial charge in [-0.15, -0.1) is 0 Å². The molecule has 1 aromatic rings. The highest BCUT2D eigenvalue weighted by molar-refractivity contribution is 7.80. The number of ether oxygens (including phenoxy) is 1. The second kappa shape index (κ2) is 8.57. The Hall–Kier alpha value is -2.66. The van der Waals surface area contributed by atoms with Gasteiger partial charge in [-0.1, -0.05) is 0 Å². The summed E-state index contributed by atoms with van der Waals surface area (Å²) in [7, 11) is 0. The molecule has 0 saturated carbocycles. The van der Waals surface area contributed by atoms with Gasteiger partial charge in [-0.05, 0) is 30.4 Å². The summed E-state index contributed by atoms with van der Waals surface area (Å²) in [5, 5.41) is 2.87. The Morgan fingerprint density at radius 1 is 1.32 bits per heavy atom. The van der Waals surface area contributed by atoms with Crippen molar-refractivity contribution >= 4 is 40.7 Å². The van der Waals surface area contributed by atoms with Crippen molar-refractivity contribution in [3.63, 3.8) is 0 Å². The largest absolute Gasteiger partial charge is 0.442 e. The highest BCUT2D eigenvalue weighted by atomic mass is 32.1. The van der Waals surface area contributed by atoms with Crippen LogP contribution in [0.4, 0.5) is 20.6 Å². The number of nitrogens with one attached hydrogen (secondary N) is 1. The van der Waals surface area contributed by atoms with Crippen LogP contribution in [-0.2, 0) is 9.53 Å². The number of nitrogens with two attached hydrogens (primary N) is 2. The van der Waals surface area contributed by atoms with Gasteiger partial charge in [0.1, 0.15) is 11.9 Å². The van der Waals surface area contributed by atoms with E-state index in [0.29, 0.717) is 44.1 Å². The summed E-state index contributed by atoms with van der Waals surface area (Å²) in [5.74, 6) is -0.545. The fourth-order valence-corrected chi connectivity index (χ4v) is 3.38. The van der Waals surface area contributed by atoms with Crippen LogP contribution in [-0.4, -0.2) is 73.9 Å². The first-order valence-corrected chi connectivity index (χ1v) is 9.33. The number of hydrogen-bond donors (Lipinski definition) is 3. The minimum absolute atomic E-state index is 0.0252. The molecular weight excluding hydrogens is 387 g/mol. The summed E-state index contributed by atoms with van der Waals surface area (Å²) < 4.78 is 20.0. The molecule has 0 radical (unpaired) electrons. The van der Waals surface area contributed by atoms with Crippen LogP contribution < -0.4 is 26.6 Å². The second-order valence-corrected chi connectivity index (χ2v) is 7.01. The fraction of sp³-hybridized carbons (Fsp3) is 0.471. The third-order valence-electron chi connectivity index (χ3n) is 4.77. The maximum Gasteiger partial charge on any atom is 0.414 e. The molecule has 9 nitrogen and oxygen atoms in total. The van der Waals surface area contributed by atoms with Crippen molar-refractivity contribution < 1.29 is 18.7 Å². The fourth-order valence-electron chi connectivity index (χ4n) is 3.30. The number of benzene rings is 1. The first-order valence-electron chi connectivity index (χ1n) is 8.93.